The molecule has 10 heteroatoms. The zero-order valence-corrected chi connectivity index (χ0v) is 17.6. The monoisotopic (exact) mass is 443 g/mol. The summed E-state index contributed by atoms with van der Waals surface area (Å²) in [5.41, 5.74) is -4.25. The van der Waals surface area contributed by atoms with Crippen LogP contribution >= 0.6 is 0 Å². The number of urea groups is 1. The molecule has 0 bridgehead atoms. The summed E-state index contributed by atoms with van der Waals surface area (Å²) < 4.78 is 62.6. The Labute approximate surface area is 174 Å². The van der Waals surface area contributed by atoms with E-state index in [4.69, 9.17) is 0 Å². The van der Waals surface area contributed by atoms with Crippen molar-refractivity contribution in [1.82, 2.24) is 4.90 Å². The summed E-state index contributed by atoms with van der Waals surface area (Å²) in [6.07, 6.45) is 0. The largest absolute Gasteiger partial charge is 0.501 e. The van der Waals surface area contributed by atoms with Crippen molar-refractivity contribution >= 4 is 27.2 Å². The first-order valence-electron chi connectivity index (χ1n) is 9.34. The van der Waals surface area contributed by atoms with Gasteiger partial charge in [0, 0.05) is 24.8 Å². The number of anilines is 2. The molecule has 2 aromatic rings. The molecule has 0 spiro atoms. The summed E-state index contributed by atoms with van der Waals surface area (Å²) in [6, 6.07) is 10.9. The number of alkyl halides is 3. The van der Waals surface area contributed by atoms with Crippen molar-refractivity contribution in [2.45, 2.75) is 37.2 Å². The number of nitrogens with zero attached hydrogens (tertiary/aromatic N) is 1. The van der Waals surface area contributed by atoms with Gasteiger partial charge in [0.15, 0.2) is 0 Å². The van der Waals surface area contributed by atoms with Crippen molar-refractivity contribution < 1.29 is 26.4 Å². The minimum Gasteiger partial charge on any atom is -0.377 e. The molecule has 1 unspecified atom stereocenters. The van der Waals surface area contributed by atoms with E-state index >= 15 is 0 Å². The fraction of sp³-hybridized carbons (Fsp3) is 0.350. The van der Waals surface area contributed by atoms with E-state index in [1.54, 1.807) is 36.1 Å². The van der Waals surface area contributed by atoms with Crippen molar-refractivity contribution in [3.8, 4) is 0 Å². The molecule has 0 saturated heterocycles. The van der Waals surface area contributed by atoms with Crippen LogP contribution in [-0.2, 0) is 9.84 Å². The van der Waals surface area contributed by atoms with E-state index in [0.717, 1.165) is 6.07 Å². The van der Waals surface area contributed by atoms with Crippen molar-refractivity contribution in [2.75, 3.05) is 23.7 Å². The van der Waals surface area contributed by atoms with Gasteiger partial charge in [0.2, 0.25) is 0 Å². The van der Waals surface area contributed by atoms with E-state index in [2.05, 4.69) is 10.6 Å². The standard InChI is InChI=1S/C20H24F3N3O3S/c1-4-26(5-2)19(27)25-16-12-10-15(11-13-16)14(3)24-17-8-6-7-9-18(17)30(28,29)20(21,22)23/h6-14,24H,4-5H2,1-3H3,(H,25,27). The lowest BCUT2D eigenvalue weighted by Crippen LogP contribution is -2.34. The number of sulfone groups is 1. The Morgan fingerprint density at radius 1 is 1.03 bits per heavy atom. The summed E-state index contributed by atoms with van der Waals surface area (Å²) in [6.45, 7) is 6.58. The van der Waals surface area contributed by atoms with Gasteiger partial charge in [-0.15, -0.1) is 0 Å². The van der Waals surface area contributed by atoms with Crippen molar-refractivity contribution in [2.24, 2.45) is 0 Å². The van der Waals surface area contributed by atoms with Crippen LogP contribution in [0.15, 0.2) is 53.4 Å². The van der Waals surface area contributed by atoms with Gasteiger partial charge in [-0.1, -0.05) is 24.3 Å². The second kappa shape index (κ2) is 9.38. The maximum atomic E-state index is 13.0. The number of nitrogens with one attached hydrogen (secondary N) is 2. The molecule has 0 fully saturated rings. The van der Waals surface area contributed by atoms with Gasteiger partial charge in [0.25, 0.3) is 9.84 Å². The summed E-state index contributed by atoms with van der Waals surface area (Å²) in [5.74, 6) is 0. The number of carbonyl (C=O) groups is 1. The lowest BCUT2D eigenvalue weighted by atomic mass is 10.1. The highest BCUT2D eigenvalue weighted by Gasteiger charge is 2.48. The summed E-state index contributed by atoms with van der Waals surface area (Å²) in [7, 11) is -5.48. The Morgan fingerprint density at radius 2 is 1.60 bits per heavy atom. The van der Waals surface area contributed by atoms with Gasteiger partial charge in [-0.05, 0) is 50.6 Å². The van der Waals surface area contributed by atoms with Crippen molar-refractivity contribution in [3.63, 3.8) is 0 Å². The van der Waals surface area contributed by atoms with E-state index in [-0.39, 0.29) is 11.7 Å². The van der Waals surface area contributed by atoms with Crippen LogP contribution < -0.4 is 10.6 Å². The third-order valence-electron chi connectivity index (χ3n) is 4.57. The highest BCUT2D eigenvalue weighted by Crippen LogP contribution is 2.35. The number of para-hydroxylation sites is 1. The van der Waals surface area contributed by atoms with Crippen molar-refractivity contribution in [3.05, 3.63) is 54.1 Å². The lowest BCUT2D eigenvalue weighted by molar-refractivity contribution is -0.0435. The van der Waals surface area contributed by atoms with E-state index in [1.165, 1.54) is 18.2 Å². The van der Waals surface area contributed by atoms with Gasteiger partial charge >= 0.3 is 11.5 Å². The highest BCUT2D eigenvalue weighted by atomic mass is 32.2. The number of hydrogen-bond acceptors (Lipinski definition) is 4. The van der Waals surface area contributed by atoms with Crippen LogP contribution in [0.5, 0.6) is 0 Å². The number of rotatable bonds is 7. The molecular weight excluding hydrogens is 419 g/mol. The zero-order valence-electron chi connectivity index (χ0n) is 16.8. The summed E-state index contributed by atoms with van der Waals surface area (Å²) in [4.78, 5) is 12.9. The second-order valence-electron chi connectivity index (χ2n) is 6.54. The molecule has 30 heavy (non-hydrogen) atoms. The number of benzene rings is 2. The topological polar surface area (TPSA) is 78.5 Å². The SMILES string of the molecule is CCN(CC)C(=O)Nc1ccc(C(C)Nc2ccccc2S(=O)(=O)C(F)(F)F)cc1. The van der Waals surface area contributed by atoms with Gasteiger partial charge in [-0.25, -0.2) is 13.2 Å². The first-order valence-corrected chi connectivity index (χ1v) is 10.8. The Bertz CT molecular complexity index is 973. The molecule has 0 aromatic heterocycles. The average molecular weight is 443 g/mol. The van der Waals surface area contributed by atoms with Gasteiger partial charge < -0.3 is 15.5 Å². The summed E-state index contributed by atoms with van der Waals surface area (Å²) >= 11 is 0. The Balaban J connectivity index is 2.18. The van der Waals surface area contributed by atoms with Gasteiger partial charge in [-0.2, -0.15) is 13.2 Å². The fourth-order valence-electron chi connectivity index (χ4n) is 2.83. The maximum absolute atomic E-state index is 13.0. The lowest BCUT2D eigenvalue weighted by Gasteiger charge is -2.21. The molecule has 0 aliphatic carbocycles. The third-order valence-corrected chi connectivity index (χ3v) is 6.11. The van der Waals surface area contributed by atoms with E-state index < -0.39 is 26.3 Å². The number of carbonyl (C=O) groups excluding carboxylic acids is 1. The normalized spacial score (nSPS) is 12.9. The number of hydrogen-bond donors (Lipinski definition) is 2. The van der Waals surface area contributed by atoms with Gasteiger partial charge in [-0.3, -0.25) is 0 Å². The van der Waals surface area contributed by atoms with E-state index in [9.17, 15) is 26.4 Å². The van der Waals surface area contributed by atoms with Gasteiger partial charge in [0.05, 0.1) is 10.6 Å². The van der Waals surface area contributed by atoms with E-state index in [0.29, 0.717) is 24.3 Å². The molecule has 2 N–H and O–H groups in total. The molecule has 164 valence electrons. The molecule has 6 nitrogen and oxygen atoms in total. The molecule has 0 heterocycles. The Hall–Kier alpha value is -2.75. The average Bonchev–Trinajstić information content (AvgIpc) is 2.69. The quantitative estimate of drug-likeness (QED) is 0.629. The smallest absolute Gasteiger partial charge is 0.377 e. The molecule has 0 aliphatic rings. The predicted molar refractivity (Wildman–Crippen MR) is 110 cm³/mol. The second-order valence-corrected chi connectivity index (χ2v) is 8.45. The van der Waals surface area contributed by atoms with Crippen LogP contribution in [0, 0.1) is 0 Å². The molecule has 2 aromatic carbocycles. The van der Waals surface area contributed by atoms with Crippen LogP contribution in [-0.4, -0.2) is 37.9 Å². The van der Waals surface area contributed by atoms with Crippen LogP contribution in [0.2, 0.25) is 0 Å². The molecule has 0 saturated carbocycles. The Morgan fingerprint density at radius 3 is 2.13 bits per heavy atom. The molecule has 0 aliphatic heterocycles. The fourth-order valence-corrected chi connectivity index (χ4v) is 3.75. The first kappa shape index (κ1) is 23.5. The van der Waals surface area contributed by atoms with Gasteiger partial charge in [0.1, 0.15) is 0 Å². The molecule has 2 rings (SSSR count). The van der Waals surface area contributed by atoms with Crippen molar-refractivity contribution in [1.29, 1.82) is 0 Å². The molecule has 0 radical (unpaired) electrons. The summed E-state index contributed by atoms with van der Waals surface area (Å²) in [5, 5.41) is 5.59. The molecule has 2 amide bonds. The molecular formula is C20H24F3N3O3S. The maximum Gasteiger partial charge on any atom is 0.501 e. The van der Waals surface area contributed by atoms with Crippen LogP contribution in [0.1, 0.15) is 32.4 Å². The first-order chi connectivity index (χ1) is 14.0. The number of halogens is 3. The van der Waals surface area contributed by atoms with Crippen LogP contribution in [0.25, 0.3) is 0 Å². The third kappa shape index (κ3) is 5.24. The molecule has 1 atom stereocenters. The minimum atomic E-state index is -5.48. The zero-order chi connectivity index (χ0) is 22.5. The van der Waals surface area contributed by atoms with Crippen LogP contribution in [0.4, 0.5) is 29.3 Å². The highest BCUT2D eigenvalue weighted by molar-refractivity contribution is 7.92. The van der Waals surface area contributed by atoms with Crippen LogP contribution in [0.3, 0.4) is 0 Å². The Kier molecular flexibility index (Phi) is 7.35. The predicted octanol–water partition coefficient (Wildman–Crippen LogP) is 5.03. The minimum absolute atomic E-state index is 0.138. The number of amides is 2. The van der Waals surface area contributed by atoms with E-state index in [1.807, 2.05) is 13.8 Å².